The van der Waals surface area contributed by atoms with Gasteiger partial charge in [0, 0.05) is 18.7 Å². The van der Waals surface area contributed by atoms with E-state index < -0.39 is 29.9 Å². The second-order valence-electron chi connectivity index (χ2n) is 7.51. The predicted octanol–water partition coefficient (Wildman–Crippen LogP) is 2.20. The van der Waals surface area contributed by atoms with Gasteiger partial charge in [-0.3, -0.25) is 14.4 Å². The fourth-order valence-corrected chi connectivity index (χ4v) is 3.05. The molecule has 28 heavy (non-hydrogen) atoms. The molecule has 2 rings (SSSR count). The Balaban J connectivity index is 1.95. The van der Waals surface area contributed by atoms with Crippen molar-refractivity contribution < 1.29 is 19.1 Å². The van der Waals surface area contributed by atoms with E-state index in [0.717, 1.165) is 17.7 Å². The number of aryl methyl sites for hydroxylation is 1. The van der Waals surface area contributed by atoms with Crippen LogP contribution in [0.1, 0.15) is 39.7 Å². The number of nitriles is 1. The summed E-state index contributed by atoms with van der Waals surface area (Å²) in [6.45, 7) is 7.04. The van der Waals surface area contributed by atoms with Crippen LogP contribution in [0, 0.1) is 23.2 Å². The zero-order chi connectivity index (χ0) is 20.9. The molecule has 0 aromatic heterocycles. The van der Waals surface area contributed by atoms with Gasteiger partial charge in [-0.15, -0.1) is 0 Å². The number of hydrogen-bond donors (Lipinski definition) is 1. The summed E-state index contributed by atoms with van der Waals surface area (Å²) in [5.74, 6) is -1.97. The Morgan fingerprint density at radius 3 is 2.68 bits per heavy atom. The number of carbonyl (C=O) groups is 3. The fourth-order valence-electron chi connectivity index (χ4n) is 3.05. The number of ether oxygens (including phenoxy) is 1. The summed E-state index contributed by atoms with van der Waals surface area (Å²) in [4.78, 5) is 38.4. The van der Waals surface area contributed by atoms with Crippen molar-refractivity contribution >= 4 is 23.5 Å². The summed E-state index contributed by atoms with van der Waals surface area (Å²) in [6, 6.07) is 9.67. The van der Waals surface area contributed by atoms with E-state index in [0.29, 0.717) is 0 Å². The summed E-state index contributed by atoms with van der Waals surface area (Å²) in [6.07, 6.45) is 0.836. The number of anilines is 1. The molecule has 0 saturated carbocycles. The third-order valence-corrected chi connectivity index (χ3v) is 5.25. The van der Waals surface area contributed by atoms with E-state index in [2.05, 4.69) is 11.4 Å². The van der Waals surface area contributed by atoms with Crippen LogP contribution in [0.5, 0.6) is 0 Å². The van der Waals surface area contributed by atoms with E-state index in [1.54, 1.807) is 11.8 Å². The molecule has 1 saturated heterocycles. The average molecular weight is 385 g/mol. The van der Waals surface area contributed by atoms with Gasteiger partial charge in [0.05, 0.1) is 12.0 Å². The van der Waals surface area contributed by atoms with E-state index in [9.17, 15) is 19.6 Å². The minimum atomic E-state index is -1.03. The molecule has 7 nitrogen and oxygen atoms in total. The van der Waals surface area contributed by atoms with Gasteiger partial charge in [0.15, 0.2) is 6.61 Å². The third-order valence-electron chi connectivity index (χ3n) is 5.25. The highest BCUT2D eigenvalue weighted by Gasteiger charge is 2.37. The molecule has 1 aliphatic rings. The molecule has 0 radical (unpaired) electrons. The van der Waals surface area contributed by atoms with Crippen LogP contribution in [0.15, 0.2) is 24.3 Å². The number of nitrogens with one attached hydrogen (secondary N) is 1. The van der Waals surface area contributed by atoms with Gasteiger partial charge >= 0.3 is 5.97 Å². The van der Waals surface area contributed by atoms with E-state index in [4.69, 9.17) is 4.74 Å². The number of esters is 1. The lowest BCUT2D eigenvalue weighted by Gasteiger charge is -2.27. The second kappa shape index (κ2) is 8.87. The molecule has 1 heterocycles. The summed E-state index contributed by atoms with van der Waals surface area (Å²) < 4.78 is 5.11. The lowest BCUT2D eigenvalue weighted by Crippen LogP contribution is -2.50. The molecule has 2 amide bonds. The first-order valence-corrected chi connectivity index (χ1v) is 9.49. The third kappa shape index (κ3) is 4.69. The molecule has 1 N–H and O–H groups in total. The van der Waals surface area contributed by atoms with Crippen molar-refractivity contribution in [2.45, 2.75) is 46.1 Å². The first kappa shape index (κ1) is 21.4. The van der Waals surface area contributed by atoms with Crippen LogP contribution >= 0.6 is 0 Å². The zero-order valence-electron chi connectivity index (χ0n) is 16.8. The average Bonchev–Trinajstić information content (AvgIpc) is 3.07. The van der Waals surface area contributed by atoms with E-state index in [-0.39, 0.29) is 24.8 Å². The highest BCUT2D eigenvalue weighted by Crippen LogP contribution is 2.29. The van der Waals surface area contributed by atoms with Crippen LogP contribution in [0.2, 0.25) is 0 Å². The molecule has 2 atom stereocenters. The fraction of sp³-hybridized carbons (Fsp3) is 0.524. The zero-order valence-corrected chi connectivity index (χ0v) is 16.8. The predicted molar refractivity (Wildman–Crippen MR) is 104 cm³/mol. The Morgan fingerprint density at radius 2 is 2.07 bits per heavy atom. The minimum absolute atomic E-state index is 0.0560. The van der Waals surface area contributed by atoms with Crippen molar-refractivity contribution in [3.8, 4) is 6.07 Å². The number of amides is 2. The van der Waals surface area contributed by atoms with Crippen LogP contribution in [0.3, 0.4) is 0 Å². The Bertz CT molecular complexity index is 799. The monoisotopic (exact) mass is 385 g/mol. The van der Waals surface area contributed by atoms with Crippen LogP contribution in [-0.4, -0.2) is 36.5 Å². The van der Waals surface area contributed by atoms with Gasteiger partial charge in [-0.2, -0.15) is 5.26 Å². The van der Waals surface area contributed by atoms with Gasteiger partial charge in [-0.1, -0.05) is 39.0 Å². The number of hydrogen-bond acceptors (Lipinski definition) is 5. The second-order valence-corrected chi connectivity index (χ2v) is 7.51. The maximum Gasteiger partial charge on any atom is 0.311 e. The van der Waals surface area contributed by atoms with Crippen molar-refractivity contribution in [2.75, 3.05) is 18.1 Å². The highest BCUT2D eigenvalue weighted by molar-refractivity contribution is 6.00. The van der Waals surface area contributed by atoms with Gasteiger partial charge in [0.1, 0.15) is 5.54 Å². The van der Waals surface area contributed by atoms with E-state index in [1.165, 1.54) is 0 Å². The van der Waals surface area contributed by atoms with Crippen molar-refractivity contribution in [3.63, 3.8) is 0 Å². The van der Waals surface area contributed by atoms with Crippen molar-refractivity contribution in [2.24, 2.45) is 11.8 Å². The Morgan fingerprint density at radius 1 is 1.39 bits per heavy atom. The van der Waals surface area contributed by atoms with Gasteiger partial charge in [-0.25, -0.2) is 0 Å². The van der Waals surface area contributed by atoms with Crippen molar-refractivity contribution in [3.05, 3.63) is 29.8 Å². The molecular weight excluding hydrogens is 358 g/mol. The van der Waals surface area contributed by atoms with Crippen LogP contribution < -0.4 is 10.2 Å². The molecule has 0 aliphatic carbocycles. The lowest BCUT2D eigenvalue weighted by molar-refractivity contribution is -0.152. The SMILES string of the molecule is CCc1ccccc1N1C[C@H](C(=O)OCC(=O)N[C@@](C)(C#N)C(C)C)CC1=O. The minimum Gasteiger partial charge on any atom is -0.455 e. The number of carbonyl (C=O) groups excluding carboxylic acids is 3. The Hall–Kier alpha value is -2.88. The number of rotatable bonds is 7. The quantitative estimate of drug-likeness (QED) is 0.726. The largest absolute Gasteiger partial charge is 0.455 e. The molecule has 7 heteroatoms. The van der Waals surface area contributed by atoms with Gasteiger partial charge in [0.25, 0.3) is 5.91 Å². The molecule has 0 unspecified atom stereocenters. The Labute approximate surface area is 165 Å². The first-order chi connectivity index (χ1) is 13.2. The topological polar surface area (TPSA) is 99.5 Å². The maximum absolute atomic E-state index is 12.4. The van der Waals surface area contributed by atoms with Gasteiger partial charge < -0.3 is 15.0 Å². The normalized spacial score (nSPS) is 18.5. The molecule has 1 aromatic rings. The summed E-state index contributed by atoms with van der Waals surface area (Å²) in [7, 11) is 0. The molecule has 1 aromatic carbocycles. The van der Waals surface area contributed by atoms with Gasteiger partial charge in [-0.05, 0) is 30.9 Å². The van der Waals surface area contributed by atoms with Crippen molar-refractivity contribution in [1.29, 1.82) is 5.26 Å². The molecule has 0 bridgehead atoms. The van der Waals surface area contributed by atoms with E-state index in [1.807, 2.05) is 45.0 Å². The molecule has 150 valence electrons. The first-order valence-electron chi connectivity index (χ1n) is 9.49. The molecular formula is C21H27N3O4. The number of para-hydroxylation sites is 1. The molecule has 0 spiro atoms. The highest BCUT2D eigenvalue weighted by atomic mass is 16.5. The van der Waals surface area contributed by atoms with Gasteiger partial charge in [0.2, 0.25) is 5.91 Å². The lowest BCUT2D eigenvalue weighted by atomic mass is 9.90. The summed E-state index contributed by atoms with van der Waals surface area (Å²) in [5.41, 5.74) is 0.812. The summed E-state index contributed by atoms with van der Waals surface area (Å²) in [5, 5.41) is 11.8. The Kier molecular flexibility index (Phi) is 6.79. The smallest absolute Gasteiger partial charge is 0.311 e. The van der Waals surface area contributed by atoms with Crippen LogP contribution in [0.25, 0.3) is 0 Å². The standard InChI is InChI=1S/C21H27N3O4/c1-5-15-8-6-7-9-17(15)24-11-16(10-19(24)26)20(27)28-12-18(25)23-21(4,13-22)14(2)3/h6-9,14,16H,5,10-12H2,1-4H3,(H,23,25)/t16-,21+/m1/s1. The van der Waals surface area contributed by atoms with Crippen molar-refractivity contribution in [1.82, 2.24) is 5.32 Å². The van der Waals surface area contributed by atoms with Crippen LogP contribution in [0.4, 0.5) is 5.69 Å². The summed E-state index contributed by atoms with van der Waals surface area (Å²) >= 11 is 0. The number of benzene rings is 1. The maximum atomic E-state index is 12.4. The van der Waals surface area contributed by atoms with E-state index >= 15 is 0 Å². The number of nitrogens with zero attached hydrogens (tertiary/aromatic N) is 2. The van der Waals surface area contributed by atoms with Crippen LogP contribution in [-0.2, 0) is 25.5 Å². The molecule has 1 fully saturated rings. The molecule has 1 aliphatic heterocycles.